The number of urea groups is 1. The topological polar surface area (TPSA) is 96.6 Å². The Hall–Kier alpha value is -3.50. The predicted molar refractivity (Wildman–Crippen MR) is 147 cm³/mol. The largest absolute Gasteiger partial charge is 0.467 e. The quantitative estimate of drug-likeness (QED) is 0.352. The molecule has 0 aliphatic carbocycles. The maximum atomic E-state index is 14.3. The Morgan fingerprint density at radius 2 is 1.85 bits per heavy atom. The van der Waals surface area contributed by atoms with Gasteiger partial charge in [-0.05, 0) is 70.0 Å². The molecule has 3 aromatic rings. The van der Waals surface area contributed by atoms with Crippen molar-refractivity contribution >= 4 is 29.1 Å². The van der Waals surface area contributed by atoms with Gasteiger partial charge in [0.25, 0.3) is 5.88 Å². The molecule has 5 rings (SSSR count). The number of likely N-dealkylation sites (tertiary alicyclic amines) is 2. The van der Waals surface area contributed by atoms with Crippen molar-refractivity contribution in [2.75, 3.05) is 37.2 Å². The first-order chi connectivity index (χ1) is 18.8. The summed E-state index contributed by atoms with van der Waals surface area (Å²) in [6, 6.07) is 9.28. The van der Waals surface area contributed by atoms with E-state index in [0.717, 1.165) is 51.2 Å². The first-order valence-electron chi connectivity index (χ1n) is 13.1. The van der Waals surface area contributed by atoms with Gasteiger partial charge in [0.05, 0.1) is 16.9 Å². The van der Waals surface area contributed by atoms with Gasteiger partial charge in [-0.1, -0.05) is 23.7 Å². The van der Waals surface area contributed by atoms with Gasteiger partial charge in [-0.25, -0.2) is 23.5 Å². The molecule has 1 unspecified atom stereocenters. The summed E-state index contributed by atoms with van der Waals surface area (Å²) in [6.45, 7) is 5.44. The summed E-state index contributed by atoms with van der Waals surface area (Å²) in [7, 11) is 0. The van der Waals surface area contributed by atoms with Crippen LogP contribution in [0.15, 0.2) is 42.6 Å². The Morgan fingerprint density at radius 3 is 2.59 bits per heavy atom. The maximum Gasteiger partial charge on any atom is 0.322 e. The number of halogens is 3. The zero-order chi connectivity index (χ0) is 27.5. The van der Waals surface area contributed by atoms with E-state index in [0.29, 0.717) is 16.9 Å². The second-order valence-electron chi connectivity index (χ2n) is 9.97. The number of hydrogen-bond acceptors (Lipinski definition) is 6. The molecule has 39 heavy (non-hydrogen) atoms. The van der Waals surface area contributed by atoms with Crippen molar-refractivity contribution in [3.8, 4) is 17.1 Å². The van der Waals surface area contributed by atoms with Crippen LogP contribution in [0.1, 0.15) is 44.3 Å². The van der Waals surface area contributed by atoms with E-state index in [4.69, 9.17) is 22.1 Å². The number of carbonyl (C=O) groups is 1. The third-order valence-corrected chi connectivity index (χ3v) is 7.66. The minimum atomic E-state index is -0.975. The molecule has 2 aliphatic rings. The zero-order valence-corrected chi connectivity index (χ0v) is 22.4. The van der Waals surface area contributed by atoms with Crippen molar-refractivity contribution in [1.82, 2.24) is 19.8 Å². The van der Waals surface area contributed by atoms with E-state index in [9.17, 15) is 13.6 Å². The van der Waals surface area contributed by atoms with Gasteiger partial charge in [-0.3, -0.25) is 0 Å². The molecule has 11 heteroatoms. The number of nitrogen functional groups attached to an aromatic ring is 1. The first kappa shape index (κ1) is 27.1. The molecule has 2 fully saturated rings. The van der Waals surface area contributed by atoms with Gasteiger partial charge in [-0.2, -0.15) is 0 Å². The number of rotatable bonds is 7. The molecule has 1 aromatic heterocycles. The lowest BCUT2D eigenvalue weighted by Gasteiger charge is -2.28. The minimum absolute atomic E-state index is 0.00323. The summed E-state index contributed by atoms with van der Waals surface area (Å²) < 4.78 is 34.0. The molecule has 0 spiro atoms. The number of nitrogens with zero attached hydrogens (tertiary/aromatic N) is 4. The Balaban J connectivity index is 1.26. The van der Waals surface area contributed by atoms with Gasteiger partial charge in [0.2, 0.25) is 0 Å². The lowest BCUT2D eigenvalue weighted by Crippen LogP contribution is -2.44. The van der Waals surface area contributed by atoms with Crippen LogP contribution in [-0.4, -0.2) is 58.0 Å². The first-order valence-corrected chi connectivity index (χ1v) is 13.5. The molecule has 2 aliphatic heterocycles. The molecular weight excluding hydrogens is 526 g/mol. The van der Waals surface area contributed by atoms with Gasteiger partial charge in [0, 0.05) is 35.9 Å². The van der Waals surface area contributed by atoms with Crippen LogP contribution in [0.25, 0.3) is 11.3 Å². The number of ether oxygens (including phenoxy) is 1. The average molecular weight is 557 g/mol. The van der Waals surface area contributed by atoms with Crippen LogP contribution in [0.4, 0.5) is 25.1 Å². The number of nitrogens with two attached hydrogens (primary N) is 1. The van der Waals surface area contributed by atoms with Crippen LogP contribution < -0.4 is 15.8 Å². The number of hydrogen-bond donors (Lipinski definition) is 2. The van der Waals surface area contributed by atoms with Crippen molar-refractivity contribution in [3.63, 3.8) is 0 Å². The molecule has 2 amide bonds. The van der Waals surface area contributed by atoms with E-state index in [1.165, 1.54) is 26.0 Å². The van der Waals surface area contributed by atoms with E-state index in [1.54, 1.807) is 24.3 Å². The smallest absolute Gasteiger partial charge is 0.322 e. The predicted octanol–water partition coefficient (Wildman–Crippen LogP) is 5.89. The lowest BCUT2D eigenvalue weighted by molar-refractivity contribution is 0.186. The normalized spacial score (nSPS) is 18.4. The second kappa shape index (κ2) is 11.7. The van der Waals surface area contributed by atoms with Gasteiger partial charge in [0.1, 0.15) is 17.7 Å². The second-order valence-corrected chi connectivity index (χ2v) is 10.3. The zero-order valence-electron chi connectivity index (χ0n) is 21.7. The summed E-state index contributed by atoms with van der Waals surface area (Å²) in [5, 5.41) is 2.64. The molecule has 0 saturated carbocycles. The minimum Gasteiger partial charge on any atom is -0.467 e. The highest BCUT2D eigenvalue weighted by molar-refractivity contribution is 6.31. The van der Waals surface area contributed by atoms with Crippen molar-refractivity contribution < 1.29 is 18.3 Å². The Morgan fingerprint density at radius 1 is 1.13 bits per heavy atom. The summed E-state index contributed by atoms with van der Waals surface area (Å²) in [5.41, 5.74) is 7.65. The maximum absolute atomic E-state index is 14.3. The number of amides is 2. The summed E-state index contributed by atoms with van der Waals surface area (Å²) >= 11 is 5.97. The number of benzene rings is 2. The fourth-order valence-electron chi connectivity index (χ4n) is 5.22. The van der Waals surface area contributed by atoms with Gasteiger partial charge >= 0.3 is 6.03 Å². The molecule has 0 bridgehead atoms. The monoisotopic (exact) mass is 556 g/mol. The van der Waals surface area contributed by atoms with E-state index < -0.39 is 17.7 Å². The molecule has 3 N–H and O–H groups in total. The SMILES string of the molecule is CC(Oc1nc(-c2ccc(NC(=O)N3CCC[C@@H]3CN3CCCC3)cc2)cnc1N)c1c(F)ccc(F)c1Cl. The Bertz CT molecular complexity index is 1340. The number of anilines is 2. The highest BCUT2D eigenvalue weighted by Gasteiger charge is 2.31. The summed E-state index contributed by atoms with van der Waals surface area (Å²) in [6.07, 6.45) is 5.02. The van der Waals surface area contributed by atoms with Crippen molar-refractivity contribution in [2.24, 2.45) is 0 Å². The van der Waals surface area contributed by atoms with Crippen LogP contribution in [-0.2, 0) is 0 Å². The number of nitrogens with one attached hydrogen (secondary N) is 1. The van der Waals surface area contributed by atoms with Crippen LogP contribution in [0.5, 0.6) is 5.88 Å². The third kappa shape index (κ3) is 6.07. The highest BCUT2D eigenvalue weighted by atomic mass is 35.5. The molecule has 8 nitrogen and oxygen atoms in total. The fourth-order valence-corrected chi connectivity index (χ4v) is 5.53. The molecule has 3 heterocycles. The van der Waals surface area contributed by atoms with E-state index >= 15 is 0 Å². The van der Waals surface area contributed by atoms with Crippen LogP contribution in [0.2, 0.25) is 5.02 Å². The fraction of sp³-hybridized carbons (Fsp3) is 0.393. The molecule has 2 saturated heterocycles. The molecule has 206 valence electrons. The highest BCUT2D eigenvalue weighted by Crippen LogP contribution is 2.33. The van der Waals surface area contributed by atoms with Gasteiger partial charge < -0.3 is 25.6 Å². The van der Waals surface area contributed by atoms with Gasteiger partial charge in [-0.15, -0.1) is 0 Å². The van der Waals surface area contributed by atoms with E-state index in [2.05, 4.69) is 20.2 Å². The summed E-state index contributed by atoms with van der Waals surface area (Å²) in [4.78, 5) is 26.0. The standard InChI is InChI=1S/C28H31ClF2N6O2/c1-17(24-21(30)10-11-22(31)25(24)29)39-27-26(32)33-15-23(35-27)18-6-8-19(9-7-18)34-28(38)37-14-4-5-20(37)16-36-12-2-3-13-36/h6-11,15,17,20H,2-5,12-14,16H2,1H3,(H2,32,33)(H,34,38)/t17?,20-/m1/s1. The number of aromatic nitrogens is 2. The van der Waals surface area contributed by atoms with Crippen molar-refractivity contribution in [1.29, 1.82) is 0 Å². The number of carbonyl (C=O) groups excluding carboxylic acids is 1. The van der Waals surface area contributed by atoms with Crippen molar-refractivity contribution in [3.05, 3.63) is 64.8 Å². The van der Waals surface area contributed by atoms with Gasteiger partial charge in [0.15, 0.2) is 5.82 Å². The third-order valence-electron chi connectivity index (χ3n) is 7.28. The van der Waals surface area contributed by atoms with Crippen LogP contribution in [0, 0.1) is 11.6 Å². The summed E-state index contributed by atoms with van der Waals surface area (Å²) in [5.74, 6) is -1.49. The Labute approximate surface area is 231 Å². The van der Waals surface area contributed by atoms with Crippen LogP contribution >= 0.6 is 11.6 Å². The van der Waals surface area contributed by atoms with Crippen LogP contribution in [0.3, 0.4) is 0 Å². The van der Waals surface area contributed by atoms with E-state index in [-0.39, 0.29) is 34.4 Å². The molecule has 2 atom stereocenters. The average Bonchev–Trinajstić information content (AvgIpc) is 3.61. The molecule has 2 aromatic carbocycles. The molecular formula is C28H31ClF2N6O2. The van der Waals surface area contributed by atoms with Crippen molar-refractivity contribution in [2.45, 2.75) is 44.8 Å². The lowest BCUT2D eigenvalue weighted by atomic mass is 10.1. The van der Waals surface area contributed by atoms with E-state index in [1.807, 2.05) is 4.90 Å². The Kier molecular flexibility index (Phi) is 8.13. The molecule has 0 radical (unpaired) electrons.